The summed E-state index contributed by atoms with van der Waals surface area (Å²) in [6.07, 6.45) is 3.11. The van der Waals surface area contributed by atoms with Crippen LogP contribution in [0.2, 0.25) is 0 Å². The van der Waals surface area contributed by atoms with E-state index in [0.29, 0.717) is 53.7 Å². The summed E-state index contributed by atoms with van der Waals surface area (Å²) < 4.78 is 10.8. The Labute approximate surface area is 146 Å². The predicted molar refractivity (Wildman–Crippen MR) is 95.1 cm³/mol. The number of phenols is 1. The molecular formula is C20H22O5. The maximum Gasteiger partial charge on any atom is 0.167 e. The van der Waals surface area contributed by atoms with Gasteiger partial charge in [-0.1, -0.05) is 0 Å². The molecule has 1 N–H and O–H groups in total. The van der Waals surface area contributed by atoms with E-state index in [-0.39, 0.29) is 11.5 Å². The second kappa shape index (κ2) is 6.84. The van der Waals surface area contributed by atoms with Crippen LogP contribution in [0, 0.1) is 6.92 Å². The van der Waals surface area contributed by atoms with Gasteiger partial charge in [0.05, 0.1) is 19.3 Å². The predicted octanol–water partition coefficient (Wildman–Crippen LogP) is 3.38. The molecule has 0 spiro atoms. The largest absolute Gasteiger partial charge is 0.507 e. The van der Waals surface area contributed by atoms with Crippen LogP contribution in [0.25, 0.3) is 10.8 Å². The van der Waals surface area contributed by atoms with Crippen molar-refractivity contribution in [1.29, 1.82) is 0 Å². The lowest BCUT2D eigenvalue weighted by atomic mass is 9.83. The molecule has 2 aromatic carbocycles. The number of ether oxygens (including phenoxy) is 2. The first-order valence-corrected chi connectivity index (χ1v) is 8.40. The number of carbonyl (C=O) groups is 2. The highest BCUT2D eigenvalue weighted by atomic mass is 16.5. The fourth-order valence-corrected chi connectivity index (χ4v) is 3.85. The molecule has 0 heterocycles. The number of Topliss-reactive ketones (excluding diaryl/α,β-unsaturated/α-hetero) is 1. The van der Waals surface area contributed by atoms with Gasteiger partial charge in [-0.25, -0.2) is 0 Å². The molecule has 0 fully saturated rings. The van der Waals surface area contributed by atoms with Crippen LogP contribution in [-0.4, -0.2) is 38.0 Å². The molecule has 5 nitrogen and oxygen atoms in total. The molecular weight excluding hydrogens is 320 g/mol. The number of benzene rings is 2. The van der Waals surface area contributed by atoms with Crippen molar-refractivity contribution < 1.29 is 24.2 Å². The van der Waals surface area contributed by atoms with Crippen molar-refractivity contribution in [1.82, 2.24) is 0 Å². The minimum absolute atomic E-state index is 0.0373. The van der Waals surface area contributed by atoms with Gasteiger partial charge in [-0.2, -0.15) is 0 Å². The molecule has 0 atom stereocenters. The summed E-state index contributed by atoms with van der Waals surface area (Å²) in [7, 11) is 3.16. The second-order valence-electron chi connectivity index (χ2n) is 6.38. The molecule has 5 heteroatoms. The highest BCUT2D eigenvalue weighted by Gasteiger charge is 2.29. The highest BCUT2D eigenvalue weighted by molar-refractivity contribution is 6.11. The van der Waals surface area contributed by atoms with E-state index in [1.165, 1.54) is 0 Å². The van der Waals surface area contributed by atoms with Crippen molar-refractivity contribution in [3.05, 3.63) is 33.9 Å². The highest BCUT2D eigenvalue weighted by Crippen LogP contribution is 2.46. The summed E-state index contributed by atoms with van der Waals surface area (Å²) in [4.78, 5) is 24.1. The fourth-order valence-electron chi connectivity index (χ4n) is 3.85. The Morgan fingerprint density at radius 1 is 1.28 bits per heavy atom. The number of aldehydes is 1. The van der Waals surface area contributed by atoms with Gasteiger partial charge in [0.15, 0.2) is 12.1 Å². The topological polar surface area (TPSA) is 72.8 Å². The van der Waals surface area contributed by atoms with E-state index < -0.39 is 0 Å². The summed E-state index contributed by atoms with van der Waals surface area (Å²) >= 11 is 0. The molecule has 0 aliphatic heterocycles. The average molecular weight is 342 g/mol. The number of aryl methyl sites for hydroxylation is 1. The average Bonchev–Trinajstić information content (AvgIpc) is 2.59. The lowest BCUT2D eigenvalue weighted by Crippen LogP contribution is -2.14. The zero-order chi connectivity index (χ0) is 18.1. The van der Waals surface area contributed by atoms with Gasteiger partial charge >= 0.3 is 0 Å². The number of aromatic hydroxyl groups is 1. The molecule has 0 unspecified atom stereocenters. The lowest BCUT2D eigenvalue weighted by Gasteiger charge is -2.24. The number of methoxy groups -OCH3 is 2. The molecule has 2 aromatic rings. The Morgan fingerprint density at radius 3 is 2.68 bits per heavy atom. The van der Waals surface area contributed by atoms with Gasteiger partial charge in [0.2, 0.25) is 0 Å². The van der Waals surface area contributed by atoms with Gasteiger partial charge in [0.1, 0.15) is 11.5 Å². The molecule has 1 aliphatic carbocycles. The number of ketones is 1. The van der Waals surface area contributed by atoms with E-state index in [0.717, 1.165) is 29.2 Å². The molecule has 0 bridgehead atoms. The van der Waals surface area contributed by atoms with Gasteiger partial charge in [-0.15, -0.1) is 0 Å². The van der Waals surface area contributed by atoms with Crippen molar-refractivity contribution in [3.63, 3.8) is 0 Å². The summed E-state index contributed by atoms with van der Waals surface area (Å²) in [5, 5.41) is 12.2. The molecule has 3 rings (SSSR count). The first-order valence-electron chi connectivity index (χ1n) is 8.40. The third-order valence-electron chi connectivity index (χ3n) is 4.96. The van der Waals surface area contributed by atoms with Crippen LogP contribution in [0.3, 0.4) is 0 Å². The SMILES string of the molecule is COCCc1c(C=O)c(C)cc2c(OC)c3c(c(O)c12)C(=O)CCC3. The normalized spacial score (nSPS) is 13.8. The minimum atomic E-state index is -0.0788. The third kappa shape index (κ3) is 2.68. The summed E-state index contributed by atoms with van der Waals surface area (Å²) in [6, 6.07) is 1.85. The molecule has 1 aliphatic rings. The quantitative estimate of drug-likeness (QED) is 0.843. The lowest BCUT2D eigenvalue weighted by molar-refractivity contribution is 0.0969. The maximum atomic E-state index is 12.5. The molecule has 0 saturated carbocycles. The van der Waals surface area contributed by atoms with E-state index in [2.05, 4.69) is 0 Å². The van der Waals surface area contributed by atoms with Crippen LogP contribution in [0.15, 0.2) is 6.07 Å². The Balaban J connectivity index is 2.48. The van der Waals surface area contributed by atoms with Gasteiger partial charge in [-0.05, 0) is 43.4 Å². The van der Waals surface area contributed by atoms with Crippen LogP contribution in [0.4, 0.5) is 0 Å². The van der Waals surface area contributed by atoms with Crippen molar-refractivity contribution in [2.75, 3.05) is 20.8 Å². The number of hydrogen-bond acceptors (Lipinski definition) is 5. The Morgan fingerprint density at radius 2 is 2.04 bits per heavy atom. The second-order valence-corrected chi connectivity index (χ2v) is 6.38. The van der Waals surface area contributed by atoms with Crippen LogP contribution in [0.1, 0.15) is 50.2 Å². The van der Waals surface area contributed by atoms with E-state index >= 15 is 0 Å². The monoisotopic (exact) mass is 342 g/mol. The Bertz CT molecular complexity index is 867. The smallest absolute Gasteiger partial charge is 0.167 e. The zero-order valence-electron chi connectivity index (χ0n) is 14.8. The number of phenolic OH excluding ortho intramolecular Hbond substituents is 1. The van der Waals surface area contributed by atoms with Crippen molar-refractivity contribution >= 4 is 22.8 Å². The standard InChI is InChI=1S/C20H22O5/c1-11-9-14-17(12(7-8-24-2)15(11)10-21)19(23)18-13(20(14)25-3)5-4-6-16(18)22/h9-10,23H,4-8H2,1-3H3. The van der Waals surface area contributed by atoms with Crippen LogP contribution < -0.4 is 4.74 Å². The van der Waals surface area contributed by atoms with Gasteiger partial charge < -0.3 is 14.6 Å². The Kier molecular flexibility index (Phi) is 4.77. The number of rotatable bonds is 5. The van der Waals surface area contributed by atoms with Gasteiger partial charge in [0.25, 0.3) is 0 Å². The van der Waals surface area contributed by atoms with Crippen molar-refractivity contribution in [2.45, 2.75) is 32.6 Å². The van der Waals surface area contributed by atoms with Gasteiger partial charge in [-0.3, -0.25) is 9.59 Å². The molecule has 0 saturated heterocycles. The number of fused-ring (bicyclic) bond motifs is 2. The first-order chi connectivity index (χ1) is 12.0. The summed E-state index contributed by atoms with van der Waals surface area (Å²) in [5.41, 5.74) is 3.15. The molecule has 0 amide bonds. The van der Waals surface area contributed by atoms with Gasteiger partial charge in [0, 0.05) is 35.4 Å². The molecule has 0 radical (unpaired) electrons. The molecule has 132 valence electrons. The van der Waals surface area contributed by atoms with Crippen LogP contribution in [0.5, 0.6) is 11.5 Å². The van der Waals surface area contributed by atoms with Crippen molar-refractivity contribution in [3.8, 4) is 11.5 Å². The third-order valence-corrected chi connectivity index (χ3v) is 4.96. The number of carbonyl (C=O) groups excluding carboxylic acids is 2. The maximum absolute atomic E-state index is 12.5. The summed E-state index contributed by atoms with van der Waals surface area (Å²) in [5.74, 6) is 0.504. The van der Waals surface area contributed by atoms with Crippen LogP contribution in [-0.2, 0) is 17.6 Å². The Hall–Kier alpha value is -2.40. The van der Waals surface area contributed by atoms with E-state index in [4.69, 9.17) is 9.47 Å². The first kappa shape index (κ1) is 17.4. The van der Waals surface area contributed by atoms with Crippen molar-refractivity contribution in [2.24, 2.45) is 0 Å². The molecule has 25 heavy (non-hydrogen) atoms. The van der Waals surface area contributed by atoms with E-state index in [9.17, 15) is 14.7 Å². The zero-order valence-corrected chi connectivity index (χ0v) is 14.8. The minimum Gasteiger partial charge on any atom is -0.507 e. The van der Waals surface area contributed by atoms with E-state index in [1.54, 1.807) is 14.2 Å². The fraction of sp³-hybridized carbons (Fsp3) is 0.400. The van der Waals surface area contributed by atoms with Crippen LogP contribution >= 0.6 is 0 Å². The summed E-state index contributed by atoms with van der Waals surface area (Å²) in [6.45, 7) is 2.27. The number of hydrogen-bond donors (Lipinski definition) is 1. The molecule has 0 aromatic heterocycles. The van der Waals surface area contributed by atoms with E-state index in [1.807, 2.05) is 13.0 Å².